The Balaban J connectivity index is 1.54. The van der Waals surface area contributed by atoms with Crippen LogP contribution in [0.5, 0.6) is 5.75 Å². The van der Waals surface area contributed by atoms with Gasteiger partial charge in [0.1, 0.15) is 12.4 Å². The fraction of sp³-hybridized carbons (Fsp3) is 0.120. The third kappa shape index (κ3) is 4.10. The summed E-state index contributed by atoms with van der Waals surface area (Å²) in [5.74, 6) is 0.321. The van der Waals surface area contributed by atoms with E-state index in [1.54, 1.807) is 19.2 Å². The van der Waals surface area contributed by atoms with Gasteiger partial charge in [0.15, 0.2) is 0 Å². The Labute approximate surface area is 174 Å². The van der Waals surface area contributed by atoms with Crippen LogP contribution in [0, 0.1) is 6.92 Å². The number of benzene rings is 3. The van der Waals surface area contributed by atoms with Crippen molar-refractivity contribution in [3.8, 4) is 5.75 Å². The zero-order chi connectivity index (χ0) is 21.1. The van der Waals surface area contributed by atoms with Crippen LogP contribution in [-0.2, 0) is 13.7 Å². The van der Waals surface area contributed by atoms with Crippen molar-refractivity contribution >= 4 is 22.5 Å². The third-order valence-corrected chi connectivity index (χ3v) is 5.02. The van der Waals surface area contributed by atoms with Crippen LogP contribution in [0.25, 0.3) is 10.9 Å². The van der Waals surface area contributed by atoms with E-state index in [0.29, 0.717) is 29.1 Å². The number of rotatable bonds is 5. The molecule has 0 atom stereocenters. The van der Waals surface area contributed by atoms with Crippen LogP contribution >= 0.6 is 0 Å². The van der Waals surface area contributed by atoms with Crippen molar-refractivity contribution < 1.29 is 9.53 Å². The monoisotopic (exact) mass is 398 g/mol. The summed E-state index contributed by atoms with van der Waals surface area (Å²) in [6, 6.07) is 24.1. The molecule has 1 aromatic heterocycles. The number of carbonyl (C=O) groups excluding carboxylic acids is 1. The van der Waals surface area contributed by atoms with E-state index in [4.69, 9.17) is 4.74 Å². The molecule has 1 heterocycles. The number of hydrogen-bond donors (Lipinski definition) is 1. The summed E-state index contributed by atoms with van der Waals surface area (Å²) >= 11 is 0. The second kappa shape index (κ2) is 8.25. The molecule has 30 heavy (non-hydrogen) atoms. The first-order valence-electron chi connectivity index (χ1n) is 9.70. The zero-order valence-corrected chi connectivity index (χ0v) is 16.9. The second-order valence-corrected chi connectivity index (χ2v) is 7.23. The average Bonchev–Trinajstić information content (AvgIpc) is 2.76. The molecule has 5 nitrogen and oxygen atoms in total. The van der Waals surface area contributed by atoms with Crippen LogP contribution < -0.4 is 15.6 Å². The third-order valence-electron chi connectivity index (χ3n) is 5.02. The van der Waals surface area contributed by atoms with Crippen LogP contribution in [0.15, 0.2) is 83.7 Å². The molecule has 0 aliphatic rings. The minimum atomic E-state index is -0.334. The number of aromatic nitrogens is 1. The number of hydrogen-bond acceptors (Lipinski definition) is 3. The number of amides is 1. The van der Waals surface area contributed by atoms with Gasteiger partial charge >= 0.3 is 0 Å². The summed E-state index contributed by atoms with van der Waals surface area (Å²) < 4.78 is 7.39. The Hall–Kier alpha value is -3.86. The quantitative estimate of drug-likeness (QED) is 0.531. The lowest BCUT2D eigenvalue weighted by Crippen LogP contribution is -2.21. The van der Waals surface area contributed by atoms with Crippen molar-refractivity contribution in [3.05, 3.63) is 106 Å². The molecule has 0 unspecified atom stereocenters. The number of anilines is 1. The zero-order valence-electron chi connectivity index (χ0n) is 16.9. The van der Waals surface area contributed by atoms with Gasteiger partial charge in [-0.05, 0) is 30.7 Å². The van der Waals surface area contributed by atoms with Crippen LogP contribution in [0.2, 0.25) is 0 Å². The van der Waals surface area contributed by atoms with Crippen molar-refractivity contribution in [2.45, 2.75) is 13.5 Å². The molecule has 0 aliphatic heterocycles. The summed E-state index contributed by atoms with van der Waals surface area (Å²) in [5, 5.41) is 3.60. The van der Waals surface area contributed by atoms with Crippen LogP contribution in [-0.4, -0.2) is 10.5 Å². The lowest BCUT2D eigenvalue weighted by molar-refractivity contribution is 0.102. The van der Waals surface area contributed by atoms with E-state index < -0.39 is 0 Å². The molecule has 0 radical (unpaired) electrons. The highest BCUT2D eigenvalue weighted by Gasteiger charge is 2.14. The largest absolute Gasteiger partial charge is 0.489 e. The van der Waals surface area contributed by atoms with Crippen molar-refractivity contribution in [1.82, 2.24) is 4.57 Å². The molecule has 1 amide bonds. The first kappa shape index (κ1) is 19.5. The molecular formula is C25H22N2O3. The normalized spacial score (nSPS) is 10.7. The number of nitrogens with one attached hydrogen (secondary N) is 1. The summed E-state index contributed by atoms with van der Waals surface area (Å²) in [6.07, 6.45) is 0. The molecule has 5 heteroatoms. The highest BCUT2D eigenvalue weighted by atomic mass is 16.5. The molecule has 3 aromatic carbocycles. The average molecular weight is 398 g/mol. The molecule has 0 fully saturated rings. The van der Waals surface area contributed by atoms with Gasteiger partial charge in [0.05, 0.1) is 11.1 Å². The SMILES string of the molecule is Cc1ccc(COc2cccc(NC(=O)c3cc(=O)n(C)c4ccccc34)c2)cc1. The Morgan fingerprint density at radius 2 is 1.73 bits per heavy atom. The summed E-state index contributed by atoms with van der Waals surface area (Å²) in [7, 11) is 1.70. The summed E-state index contributed by atoms with van der Waals surface area (Å²) in [4.78, 5) is 25.2. The highest BCUT2D eigenvalue weighted by molar-refractivity contribution is 6.12. The number of carbonyl (C=O) groups is 1. The first-order chi connectivity index (χ1) is 14.5. The second-order valence-electron chi connectivity index (χ2n) is 7.23. The minimum absolute atomic E-state index is 0.228. The van der Waals surface area contributed by atoms with Crippen molar-refractivity contribution in [3.63, 3.8) is 0 Å². The summed E-state index contributed by atoms with van der Waals surface area (Å²) in [6.45, 7) is 2.49. The molecule has 150 valence electrons. The fourth-order valence-corrected chi connectivity index (χ4v) is 3.31. The lowest BCUT2D eigenvalue weighted by Gasteiger charge is -2.12. The van der Waals surface area contributed by atoms with E-state index in [1.807, 2.05) is 67.6 Å². The van der Waals surface area contributed by atoms with E-state index >= 15 is 0 Å². The van der Waals surface area contributed by atoms with E-state index in [2.05, 4.69) is 5.32 Å². The number of nitrogens with zero attached hydrogens (tertiary/aromatic N) is 1. The van der Waals surface area contributed by atoms with E-state index in [0.717, 1.165) is 10.9 Å². The predicted molar refractivity (Wildman–Crippen MR) is 119 cm³/mol. The standard InChI is InChI=1S/C25H22N2O3/c1-17-10-12-18(13-11-17)16-30-20-7-5-6-19(14-20)26-25(29)22-15-24(28)27(2)23-9-4-3-8-21(22)23/h3-15H,16H2,1-2H3,(H,26,29). The van der Waals surface area contributed by atoms with Gasteiger partial charge in [-0.25, -0.2) is 0 Å². The maximum atomic E-state index is 12.9. The maximum absolute atomic E-state index is 12.9. The molecule has 1 N–H and O–H groups in total. The molecular weight excluding hydrogens is 376 g/mol. The number of ether oxygens (including phenoxy) is 1. The molecule has 4 rings (SSSR count). The van der Waals surface area contributed by atoms with Gasteiger partial charge in [-0.1, -0.05) is 54.1 Å². The molecule has 0 bridgehead atoms. The van der Waals surface area contributed by atoms with Crippen molar-refractivity contribution in [1.29, 1.82) is 0 Å². The van der Waals surface area contributed by atoms with Gasteiger partial charge < -0.3 is 14.6 Å². The Morgan fingerprint density at radius 1 is 0.967 bits per heavy atom. The van der Waals surface area contributed by atoms with Crippen molar-refractivity contribution in [2.24, 2.45) is 7.05 Å². The molecule has 0 saturated carbocycles. The number of aryl methyl sites for hydroxylation is 2. The minimum Gasteiger partial charge on any atom is -0.489 e. The van der Waals surface area contributed by atoms with Gasteiger partial charge in [-0.2, -0.15) is 0 Å². The Kier molecular flexibility index (Phi) is 5.35. The van der Waals surface area contributed by atoms with E-state index in [9.17, 15) is 9.59 Å². The Bertz CT molecular complexity index is 1270. The smallest absolute Gasteiger partial charge is 0.256 e. The number of fused-ring (bicyclic) bond motifs is 1. The van der Waals surface area contributed by atoms with Gasteiger partial charge in [-0.3, -0.25) is 9.59 Å². The lowest BCUT2D eigenvalue weighted by atomic mass is 10.1. The number of para-hydroxylation sites is 1. The van der Waals surface area contributed by atoms with E-state index in [-0.39, 0.29) is 11.5 Å². The maximum Gasteiger partial charge on any atom is 0.256 e. The van der Waals surface area contributed by atoms with E-state index in [1.165, 1.54) is 16.2 Å². The van der Waals surface area contributed by atoms with Crippen LogP contribution in [0.3, 0.4) is 0 Å². The van der Waals surface area contributed by atoms with Crippen LogP contribution in [0.4, 0.5) is 5.69 Å². The van der Waals surface area contributed by atoms with Gasteiger partial charge in [0.25, 0.3) is 11.5 Å². The highest BCUT2D eigenvalue weighted by Crippen LogP contribution is 2.21. The summed E-state index contributed by atoms with van der Waals surface area (Å²) in [5.41, 5.74) is 3.71. The number of pyridine rings is 1. The van der Waals surface area contributed by atoms with Crippen molar-refractivity contribution in [2.75, 3.05) is 5.32 Å². The topological polar surface area (TPSA) is 60.3 Å². The predicted octanol–water partition coefficient (Wildman–Crippen LogP) is 4.68. The van der Waals surface area contributed by atoms with Crippen LogP contribution in [0.1, 0.15) is 21.5 Å². The molecule has 0 spiro atoms. The molecule has 0 saturated heterocycles. The fourth-order valence-electron chi connectivity index (χ4n) is 3.31. The first-order valence-corrected chi connectivity index (χ1v) is 9.70. The Morgan fingerprint density at radius 3 is 2.53 bits per heavy atom. The molecule has 0 aliphatic carbocycles. The van der Waals surface area contributed by atoms with Gasteiger partial charge in [0.2, 0.25) is 0 Å². The van der Waals surface area contributed by atoms with Gasteiger partial charge in [-0.15, -0.1) is 0 Å². The van der Waals surface area contributed by atoms with Gasteiger partial charge in [0, 0.05) is 30.3 Å². The molecule has 4 aromatic rings.